The minimum atomic E-state index is -0.755. The summed E-state index contributed by atoms with van der Waals surface area (Å²) in [7, 11) is 1.41. The molecule has 2 aromatic rings. The van der Waals surface area contributed by atoms with Crippen LogP contribution in [0.15, 0.2) is 30.6 Å². The Bertz CT molecular complexity index is 617. The smallest absolute Gasteiger partial charge is 0.216 e. The van der Waals surface area contributed by atoms with Gasteiger partial charge in [0.1, 0.15) is 23.7 Å². The van der Waals surface area contributed by atoms with E-state index in [4.69, 9.17) is 4.74 Å². The summed E-state index contributed by atoms with van der Waals surface area (Å²) in [6, 6.07) is 4.44. The Morgan fingerprint density at radius 2 is 2.05 bits per heavy atom. The highest BCUT2D eigenvalue weighted by Crippen LogP contribution is 2.13. The molecule has 0 spiro atoms. The van der Waals surface area contributed by atoms with Crippen molar-refractivity contribution in [1.82, 2.24) is 9.97 Å². The quantitative estimate of drug-likeness (QED) is 0.794. The number of halogens is 2. The number of ether oxygens (including phenoxy) is 1. The van der Waals surface area contributed by atoms with Crippen LogP contribution in [0.3, 0.4) is 0 Å². The predicted octanol–water partition coefficient (Wildman–Crippen LogP) is 2.19. The minimum absolute atomic E-state index is 0.115. The highest BCUT2D eigenvalue weighted by molar-refractivity contribution is 5.95. The van der Waals surface area contributed by atoms with E-state index in [0.29, 0.717) is 0 Å². The van der Waals surface area contributed by atoms with Crippen molar-refractivity contribution in [2.24, 2.45) is 0 Å². The Morgan fingerprint density at radius 1 is 1.26 bits per heavy atom. The van der Waals surface area contributed by atoms with Gasteiger partial charge >= 0.3 is 0 Å². The Kier molecular flexibility index (Phi) is 3.79. The van der Waals surface area contributed by atoms with Gasteiger partial charge in [-0.25, -0.2) is 18.7 Å². The molecular weight excluding hydrogens is 254 g/mol. The number of methoxy groups -OCH3 is 1. The van der Waals surface area contributed by atoms with Crippen molar-refractivity contribution in [2.75, 3.05) is 7.11 Å². The number of nitrogens with zero attached hydrogens (tertiary/aromatic N) is 2. The van der Waals surface area contributed by atoms with Crippen molar-refractivity contribution in [3.8, 4) is 5.88 Å². The van der Waals surface area contributed by atoms with E-state index >= 15 is 0 Å². The van der Waals surface area contributed by atoms with Gasteiger partial charge in [0.2, 0.25) is 5.88 Å². The first-order chi connectivity index (χ1) is 9.10. The number of hydrogen-bond acceptors (Lipinski definition) is 4. The predicted molar refractivity (Wildman–Crippen MR) is 63.0 cm³/mol. The van der Waals surface area contributed by atoms with Crippen LogP contribution in [0.1, 0.15) is 16.1 Å². The van der Waals surface area contributed by atoms with Crippen molar-refractivity contribution in [3.63, 3.8) is 0 Å². The molecule has 0 saturated carbocycles. The number of carbonyl (C=O) groups is 1. The molecule has 2 rings (SSSR count). The first-order valence-corrected chi connectivity index (χ1v) is 5.43. The summed E-state index contributed by atoms with van der Waals surface area (Å²) in [5, 5.41) is 0. The number of aromatic nitrogens is 2. The molecule has 0 saturated heterocycles. The summed E-state index contributed by atoms with van der Waals surface area (Å²) in [4.78, 5) is 19.5. The van der Waals surface area contributed by atoms with Crippen molar-refractivity contribution >= 4 is 5.78 Å². The molecule has 0 unspecified atom stereocenters. The van der Waals surface area contributed by atoms with E-state index in [9.17, 15) is 13.6 Å². The fourth-order valence-electron chi connectivity index (χ4n) is 1.53. The number of rotatable bonds is 4. The van der Waals surface area contributed by atoms with E-state index in [1.807, 2.05) is 0 Å². The minimum Gasteiger partial charge on any atom is -0.481 e. The molecule has 0 aliphatic carbocycles. The maximum absolute atomic E-state index is 13.4. The van der Waals surface area contributed by atoms with Crippen LogP contribution in [0.2, 0.25) is 0 Å². The molecule has 0 atom stereocenters. The zero-order chi connectivity index (χ0) is 13.8. The van der Waals surface area contributed by atoms with Crippen molar-refractivity contribution in [3.05, 3.63) is 53.5 Å². The van der Waals surface area contributed by atoms with E-state index in [1.54, 1.807) is 0 Å². The van der Waals surface area contributed by atoms with Gasteiger partial charge < -0.3 is 4.74 Å². The molecule has 0 amide bonds. The van der Waals surface area contributed by atoms with Crippen molar-refractivity contribution in [2.45, 2.75) is 6.42 Å². The molecule has 4 nitrogen and oxygen atoms in total. The summed E-state index contributed by atoms with van der Waals surface area (Å²) >= 11 is 0. The van der Waals surface area contributed by atoms with E-state index in [1.165, 1.54) is 25.6 Å². The van der Waals surface area contributed by atoms with Crippen LogP contribution in [0, 0.1) is 11.6 Å². The summed E-state index contributed by atoms with van der Waals surface area (Å²) in [5.41, 5.74) is 0.236. The van der Waals surface area contributed by atoms with Crippen LogP contribution in [-0.2, 0) is 6.42 Å². The standard InChI is InChI=1S/C13H10F2N2O2/c1-19-13-6-11(16-7-17-13)12(18)4-8-2-3-9(14)5-10(8)15/h2-3,5-7H,4H2,1H3. The largest absolute Gasteiger partial charge is 0.481 e. The van der Waals surface area contributed by atoms with Crippen LogP contribution >= 0.6 is 0 Å². The second kappa shape index (κ2) is 5.51. The van der Waals surface area contributed by atoms with Crippen LogP contribution in [0.25, 0.3) is 0 Å². The van der Waals surface area contributed by atoms with Gasteiger partial charge in [-0.15, -0.1) is 0 Å². The van der Waals surface area contributed by atoms with Gasteiger partial charge in [0.15, 0.2) is 5.78 Å². The molecule has 0 aliphatic heterocycles. The molecular formula is C13H10F2N2O2. The third-order valence-corrected chi connectivity index (χ3v) is 2.50. The fraction of sp³-hybridized carbons (Fsp3) is 0.154. The number of carbonyl (C=O) groups excluding carboxylic acids is 1. The Morgan fingerprint density at radius 3 is 2.74 bits per heavy atom. The third kappa shape index (κ3) is 3.09. The van der Waals surface area contributed by atoms with Gasteiger partial charge in [0.05, 0.1) is 7.11 Å². The van der Waals surface area contributed by atoms with Crippen LogP contribution in [0.5, 0.6) is 5.88 Å². The summed E-state index contributed by atoms with van der Waals surface area (Å²) in [5.74, 6) is -1.59. The normalized spacial score (nSPS) is 10.3. The lowest BCUT2D eigenvalue weighted by atomic mass is 10.1. The highest BCUT2D eigenvalue weighted by atomic mass is 19.1. The van der Waals surface area contributed by atoms with Crippen molar-refractivity contribution in [1.29, 1.82) is 0 Å². The van der Waals surface area contributed by atoms with E-state index in [2.05, 4.69) is 9.97 Å². The Labute approximate surface area is 108 Å². The number of ketones is 1. The van der Waals surface area contributed by atoms with Crippen LogP contribution < -0.4 is 4.74 Å². The number of hydrogen-bond donors (Lipinski definition) is 0. The number of benzene rings is 1. The summed E-state index contributed by atoms with van der Waals surface area (Å²) in [6.45, 7) is 0. The molecule has 1 heterocycles. The fourth-order valence-corrected chi connectivity index (χ4v) is 1.53. The first kappa shape index (κ1) is 13.1. The zero-order valence-corrected chi connectivity index (χ0v) is 10.1. The molecule has 0 bridgehead atoms. The summed E-state index contributed by atoms with van der Waals surface area (Å²) in [6.07, 6.45) is 0.985. The Balaban J connectivity index is 2.20. The second-order valence-corrected chi connectivity index (χ2v) is 3.78. The van der Waals surface area contributed by atoms with Gasteiger partial charge in [-0.05, 0) is 11.6 Å². The SMILES string of the molecule is COc1cc(C(=O)Cc2ccc(F)cc2F)ncn1. The Hall–Kier alpha value is -2.37. The van der Waals surface area contributed by atoms with Crippen LogP contribution in [-0.4, -0.2) is 22.9 Å². The molecule has 0 radical (unpaired) electrons. The van der Waals surface area contributed by atoms with Crippen molar-refractivity contribution < 1.29 is 18.3 Å². The molecule has 98 valence electrons. The topological polar surface area (TPSA) is 52.1 Å². The summed E-state index contributed by atoms with van der Waals surface area (Å²) < 4.78 is 31.0. The molecule has 1 aromatic heterocycles. The highest BCUT2D eigenvalue weighted by Gasteiger charge is 2.13. The molecule has 6 heteroatoms. The maximum atomic E-state index is 13.4. The van der Waals surface area contributed by atoms with Gasteiger partial charge in [0.25, 0.3) is 0 Å². The lowest BCUT2D eigenvalue weighted by molar-refractivity contribution is 0.0986. The monoisotopic (exact) mass is 264 g/mol. The van der Waals surface area contributed by atoms with E-state index in [-0.39, 0.29) is 23.6 Å². The average molecular weight is 264 g/mol. The van der Waals surface area contributed by atoms with Gasteiger partial charge in [0, 0.05) is 18.6 Å². The third-order valence-electron chi connectivity index (χ3n) is 2.50. The zero-order valence-electron chi connectivity index (χ0n) is 10.1. The molecule has 0 fully saturated rings. The van der Waals surface area contributed by atoms with E-state index in [0.717, 1.165) is 12.1 Å². The second-order valence-electron chi connectivity index (χ2n) is 3.78. The molecule has 0 N–H and O–H groups in total. The lowest BCUT2D eigenvalue weighted by Gasteiger charge is -2.04. The lowest BCUT2D eigenvalue weighted by Crippen LogP contribution is -2.08. The van der Waals surface area contributed by atoms with Gasteiger partial charge in [-0.2, -0.15) is 0 Å². The maximum Gasteiger partial charge on any atom is 0.216 e. The molecule has 1 aromatic carbocycles. The average Bonchev–Trinajstić information content (AvgIpc) is 2.42. The molecule has 0 aliphatic rings. The van der Waals surface area contributed by atoms with E-state index < -0.39 is 17.4 Å². The van der Waals surface area contributed by atoms with Crippen LogP contribution in [0.4, 0.5) is 8.78 Å². The number of Topliss-reactive ketones (excluding diaryl/α,β-unsaturated/α-hetero) is 1. The van der Waals surface area contributed by atoms with Gasteiger partial charge in [-0.3, -0.25) is 4.79 Å². The molecule has 19 heavy (non-hydrogen) atoms. The van der Waals surface area contributed by atoms with Gasteiger partial charge in [-0.1, -0.05) is 6.07 Å². The first-order valence-electron chi connectivity index (χ1n) is 5.43.